The van der Waals surface area contributed by atoms with E-state index in [0.29, 0.717) is 29.4 Å². The maximum Gasteiger partial charge on any atom is 0.234 e. The van der Waals surface area contributed by atoms with Gasteiger partial charge in [0.15, 0.2) is 5.16 Å². The number of aromatic nitrogens is 3. The number of thiophene rings is 1. The zero-order valence-electron chi connectivity index (χ0n) is 14.8. The number of nitrogens with one attached hydrogen (secondary N) is 1. The fraction of sp³-hybridized carbons (Fsp3) is 0.211. The minimum atomic E-state index is -0.343. The summed E-state index contributed by atoms with van der Waals surface area (Å²) < 4.78 is 15.5. The van der Waals surface area contributed by atoms with Gasteiger partial charge in [0.05, 0.1) is 5.75 Å². The van der Waals surface area contributed by atoms with Gasteiger partial charge in [0.2, 0.25) is 5.91 Å². The Balaban J connectivity index is 1.64. The molecule has 0 atom stereocenters. The van der Waals surface area contributed by atoms with Gasteiger partial charge in [0, 0.05) is 23.5 Å². The van der Waals surface area contributed by atoms with Crippen LogP contribution in [-0.4, -0.2) is 26.4 Å². The maximum atomic E-state index is 13.6. The van der Waals surface area contributed by atoms with E-state index in [0.717, 1.165) is 5.82 Å². The van der Waals surface area contributed by atoms with Crippen LogP contribution >= 0.6 is 23.1 Å². The summed E-state index contributed by atoms with van der Waals surface area (Å²) in [6.45, 7) is 6.03. The van der Waals surface area contributed by atoms with Crippen molar-refractivity contribution in [3.8, 4) is 0 Å². The molecule has 0 unspecified atom stereocenters. The number of carbonyl (C=O) groups excluding carboxylic acids is 1. The number of thioether (sulfide) groups is 1. The van der Waals surface area contributed by atoms with E-state index >= 15 is 0 Å². The quantitative estimate of drug-likeness (QED) is 0.451. The zero-order valence-corrected chi connectivity index (χ0v) is 16.4. The number of aryl methyl sites for hydroxylation is 1. The van der Waals surface area contributed by atoms with Crippen molar-refractivity contribution in [2.75, 3.05) is 11.1 Å². The third kappa shape index (κ3) is 5.05. The van der Waals surface area contributed by atoms with Crippen LogP contribution in [0.1, 0.15) is 16.3 Å². The summed E-state index contributed by atoms with van der Waals surface area (Å²) in [5.41, 5.74) is 0.979. The van der Waals surface area contributed by atoms with Crippen LogP contribution in [0.25, 0.3) is 0 Å². The first-order chi connectivity index (χ1) is 13.1. The van der Waals surface area contributed by atoms with E-state index < -0.39 is 0 Å². The molecular formula is C19H19FN4OS2. The van der Waals surface area contributed by atoms with Crippen molar-refractivity contribution in [1.82, 2.24) is 14.8 Å². The van der Waals surface area contributed by atoms with Crippen molar-refractivity contribution >= 4 is 34.7 Å². The normalized spacial score (nSPS) is 10.7. The third-order valence-electron chi connectivity index (χ3n) is 3.81. The van der Waals surface area contributed by atoms with Crippen molar-refractivity contribution in [2.24, 2.45) is 0 Å². The van der Waals surface area contributed by atoms with E-state index in [2.05, 4.69) is 28.2 Å². The summed E-state index contributed by atoms with van der Waals surface area (Å²) >= 11 is 2.96. The van der Waals surface area contributed by atoms with E-state index in [1.165, 1.54) is 22.7 Å². The highest BCUT2D eigenvalue weighted by atomic mass is 32.2. The van der Waals surface area contributed by atoms with Crippen molar-refractivity contribution < 1.29 is 9.18 Å². The fourth-order valence-electron chi connectivity index (χ4n) is 2.44. The summed E-state index contributed by atoms with van der Waals surface area (Å²) in [7, 11) is 0. The molecule has 0 bridgehead atoms. The summed E-state index contributed by atoms with van der Waals surface area (Å²) in [6.07, 6.45) is 2.47. The lowest BCUT2D eigenvalue weighted by molar-refractivity contribution is -0.113. The molecule has 2 aromatic heterocycles. The third-order valence-corrected chi connectivity index (χ3v) is 5.65. The van der Waals surface area contributed by atoms with Gasteiger partial charge < -0.3 is 9.88 Å². The molecule has 5 nitrogen and oxygen atoms in total. The molecule has 0 aliphatic heterocycles. The summed E-state index contributed by atoms with van der Waals surface area (Å²) in [5, 5.41) is 13.9. The van der Waals surface area contributed by atoms with Crippen LogP contribution in [0.4, 0.5) is 10.1 Å². The molecule has 1 amide bonds. The minimum absolute atomic E-state index is 0.157. The monoisotopic (exact) mass is 402 g/mol. The van der Waals surface area contributed by atoms with Crippen LogP contribution in [0.15, 0.2) is 53.5 Å². The maximum absolute atomic E-state index is 13.6. The average molecular weight is 403 g/mol. The van der Waals surface area contributed by atoms with E-state index in [1.807, 2.05) is 16.0 Å². The van der Waals surface area contributed by atoms with Gasteiger partial charge in [-0.15, -0.1) is 28.1 Å². The van der Waals surface area contributed by atoms with Crippen molar-refractivity contribution in [3.05, 3.63) is 70.4 Å². The Bertz CT molecular complexity index is 937. The molecule has 3 aromatic rings. The molecule has 0 spiro atoms. The molecule has 0 fully saturated rings. The lowest BCUT2D eigenvalue weighted by Gasteiger charge is -2.08. The largest absolute Gasteiger partial charge is 0.325 e. The van der Waals surface area contributed by atoms with Gasteiger partial charge in [-0.2, -0.15) is 0 Å². The molecule has 1 aromatic carbocycles. The molecule has 3 rings (SSSR count). The molecule has 140 valence electrons. The molecule has 2 heterocycles. The SMILES string of the molecule is C=CCn1c(Cc2cccs2)nnc1SCC(=O)Nc1ccc(C)c(F)c1. The molecule has 0 aliphatic carbocycles. The van der Waals surface area contributed by atoms with Crippen molar-refractivity contribution in [2.45, 2.75) is 25.0 Å². The van der Waals surface area contributed by atoms with Gasteiger partial charge in [0.1, 0.15) is 11.6 Å². The molecule has 0 radical (unpaired) electrons. The highest BCUT2D eigenvalue weighted by Crippen LogP contribution is 2.21. The fourth-order valence-corrected chi connectivity index (χ4v) is 3.90. The molecule has 0 aliphatic rings. The number of allylic oxidation sites excluding steroid dienone is 1. The predicted octanol–water partition coefficient (Wildman–Crippen LogP) is 4.29. The molecule has 1 N–H and O–H groups in total. The van der Waals surface area contributed by atoms with E-state index in [9.17, 15) is 9.18 Å². The first kappa shape index (κ1) is 19.3. The average Bonchev–Trinajstić information content (AvgIpc) is 3.28. The second kappa shape index (κ2) is 8.96. The zero-order chi connectivity index (χ0) is 19.2. The van der Waals surface area contributed by atoms with Gasteiger partial charge in [0.25, 0.3) is 0 Å². The van der Waals surface area contributed by atoms with Gasteiger partial charge in [-0.1, -0.05) is 30.0 Å². The lowest BCUT2D eigenvalue weighted by Crippen LogP contribution is -2.15. The second-order valence-electron chi connectivity index (χ2n) is 5.86. The number of hydrogen-bond acceptors (Lipinski definition) is 5. The number of hydrogen-bond donors (Lipinski definition) is 1. The van der Waals surface area contributed by atoms with Crippen molar-refractivity contribution in [3.63, 3.8) is 0 Å². The van der Waals surface area contributed by atoms with Gasteiger partial charge in [-0.05, 0) is 36.1 Å². The summed E-state index contributed by atoms with van der Waals surface area (Å²) in [6, 6.07) is 8.69. The Morgan fingerprint density at radius 2 is 2.26 bits per heavy atom. The minimum Gasteiger partial charge on any atom is -0.325 e. The number of nitrogens with zero attached hydrogens (tertiary/aromatic N) is 3. The smallest absolute Gasteiger partial charge is 0.234 e. The Morgan fingerprint density at radius 3 is 2.96 bits per heavy atom. The highest BCUT2D eigenvalue weighted by Gasteiger charge is 2.14. The van der Waals surface area contributed by atoms with Crippen LogP contribution in [0.3, 0.4) is 0 Å². The Hall–Kier alpha value is -2.45. The van der Waals surface area contributed by atoms with Crippen LogP contribution in [0.5, 0.6) is 0 Å². The van der Waals surface area contributed by atoms with Gasteiger partial charge in [-0.3, -0.25) is 4.79 Å². The Kier molecular flexibility index (Phi) is 6.41. The molecule has 27 heavy (non-hydrogen) atoms. The number of carbonyl (C=O) groups is 1. The van der Waals surface area contributed by atoms with Crippen LogP contribution in [-0.2, 0) is 17.8 Å². The van der Waals surface area contributed by atoms with Gasteiger partial charge >= 0.3 is 0 Å². The second-order valence-corrected chi connectivity index (χ2v) is 7.83. The van der Waals surface area contributed by atoms with Crippen LogP contribution in [0.2, 0.25) is 0 Å². The lowest BCUT2D eigenvalue weighted by atomic mass is 10.2. The Morgan fingerprint density at radius 1 is 1.41 bits per heavy atom. The number of anilines is 1. The van der Waals surface area contributed by atoms with E-state index in [4.69, 9.17) is 0 Å². The first-order valence-corrected chi connectivity index (χ1v) is 10.2. The van der Waals surface area contributed by atoms with Crippen LogP contribution < -0.4 is 5.32 Å². The molecule has 8 heteroatoms. The van der Waals surface area contributed by atoms with E-state index in [1.54, 1.807) is 36.5 Å². The molecule has 0 saturated heterocycles. The van der Waals surface area contributed by atoms with E-state index in [-0.39, 0.29) is 17.5 Å². The predicted molar refractivity (Wildman–Crippen MR) is 108 cm³/mol. The highest BCUT2D eigenvalue weighted by molar-refractivity contribution is 7.99. The van der Waals surface area contributed by atoms with Crippen molar-refractivity contribution in [1.29, 1.82) is 0 Å². The topological polar surface area (TPSA) is 59.8 Å². The Labute approximate surface area is 165 Å². The molecular weight excluding hydrogens is 383 g/mol. The number of amides is 1. The first-order valence-electron chi connectivity index (χ1n) is 8.31. The number of rotatable bonds is 8. The molecule has 0 saturated carbocycles. The summed E-state index contributed by atoms with van der Waals surface area (Å²) in [4.78, 5) is 13.4. The number of benzene rings is 1. The summed E-state index contributed by atoms with van der Waals surface area (Å²) in [5.74, 6) is 0.422. The van der Waals surface area contributed by atoms with Crippen LogP contribution in [0, 0.1) is 12.7 Å². The number of halogens is 1. The van der Waals surface area contributed by atoms with Gasteiger partial charge in [-0.25, -0.2) is 4.39 Å². The standard InChI is InChI=1S/C19H19FN4OS2/c1-3-8-24-17(11-15-5-4-9-26-15)22-23-19(24)27-12-18(25)21-14-7-6-13(2)16(20)10-14/h3-7,9-10H,1,8,11-12H2,2H3,(H,21,25).